The van der Waals surface area contributed by atoms with Crippen molar-refractivity contribution in [3.8, 4) is 5.75 Å². The molecule has 1 aliphatic rings. The first-order chi connectivity index (χ1) is 13.2. The molecular weight excluding hydrogens is 490 g/mol. The van der Waals surface area contributed by atoms with Crippen molar-refractivity contribution in [1.29, 1.82) is 0 Å². The molecule has 1 saturated heterocycles. The number of nitrogens with one attached hydrogen (secondary N) is 2. The maximum Gasteiger partial charge on any atom is 0.407 e. The number of carbonyl (C=O) groups excluding carboxylic acids is 1. The van der Waals surface area contributed by atoms with E-state index in [1.807, 2.05) is 27.7 Å². The first kappa shape index (κ1) is 25.3. The molecule has 0 radical (unpaired) electrons. The Morgan fingerprint density at radius 2 is 2.07 bits per heavy atom. The quantitative estimate of drug-likeness (QED) is 0.353. The van der Waals surface area contributed by atoms with Crippen LogP contribution in [-0.4, -0.2) is 61.4 Å². The van der Waals surface area contributed by atoms with E-state index in [-0.39, 0.29) is 47.7 Å². The number of alkyl carbamates (subject to hydrolysis) is 1. The van der Waals surface area contributed by atoms with Crippen LogP contribution in [0.15, 0.2) is 29.3 Å². The maximum absolute atomic E-state index is 13.7. The van der Waals surface area contributed by atoms with Gasteiger partial charge in [-0.05, 0) is 46.2 Å². The summed E-state index contributed by atoms with van der Waals surface area (Å²) in [6.45, 7) is 9.26. The number of carbonyl (C=O) groups is 1. The van der Waals surface area contributed by atoms with Crippen molar-refractivity contribution >= 4 is 36.0 Å². The number of likely N-dealkylation sites (tertiary alicyclic amines) is 1. The van der Waals surface area contributed by atoms with Gasteiger partial charge >= 0.3 is 6.09 Å². The number of halogens is 2. The molecule has 0 bridgehead atoms. The topological polar surface area (TPSA) is 75.2 Å². The number of amides is 1. The number of para-hydroxylation sites is 1. The third-order valence-corrected chi connectivity index (χ3v) is 4.13. The van der Waals surface area contributed by atoms with Gasteiger partial charge in [0.05, 0.1) is 12.6 Å². The molecule has 1 fully saturated rings. The summed E-state index contributed by atoms with van der Waals surface area (Å²) in [4.78, 5) is 18.3. The van der Waals surface area contributed by atoms with Crippen molar-refractivity contribution in [2.75, 3.05) is 26.7 Å². The molecule has 1 aliphatic heterocycles. The number of benzene rings is 1. The smallest absolute Gasteiger partial charge is 0.407 e. The highest BCUT2D eigenvalue weighted by atomic mass is 127. The van der Waals surface area contributed by atoms with Crippen molar-refractivity contribution < 1.29 is 18.7 Å². The van der Waals surface area contributed by atoms with Gasteiger partial charge in [-0.1, -0.05) is 12.1 Å². The van der Waals surface area contributed by atoms with Gasteiger partial charge in [-0.3, -0.25) is 4.99 Å². The molecule has 1 amide bonds. The van der Waals surface area contributed by atoms with Crippen LogP contribution in [0.5, 0.6) is 5.75 Å². The second kappa shape index (κ2) is 11.4. The third kappa shape index (κ3) is 8.63. The summed E-state index contributed by atoms with van der Waals surface area (Å²) in [6.07, 6.45) is 0.155. The summed E-state index contributed by atoms with van der Waals surface area (Å²) in [5.41, 5.74) is -0.520. The molecule has 1 aromatic carbocycles. The second-order valence-electron chi connectivity index (χ2n) is 7.86. The van der Waals surface area contributed by atoms with Crippen LogP contribution in [0.4, 0.5) is 9.18 Å². The van der Waals surface area contributed by atoms with Gasteiger partial charge in [-0.25, -0.2) is 9.18 Å². The standard InChI is InChI=1S/C20H31FN4O3.HI/c1-14(27-17-9-7-6-8-16(17)21)12-23-18(22-5)25-11-10-15(13-25)24-19(26)28-20(2,3)4;/h6-9,14-15H,10-13H2,1-5H3,(H,22,23)(H,24,26);1H. The predicted octanol–water partition coefficient (Wildman–Crippen LogP) is 3.39. The van der Waals surface area contributed by atoms with E-state index in [0.29, 0.717) is 13.1 Å². The fourth-order valence-electron chi connectivity index (χ4n) is 2.91. The molecule has 9 heteroatoms. The van der Waals surface area contributed by atoms with E-state index in [1.165, 1.54) is 6.07 Å². The van der Waals surface area contributed by atoms with Crippen molar-refractivity contribution in [3.05, 3.63) is 30.1 Å². The Kier molecular flexibility index (Phi) is 9.94. The first-order valence-corrected chi connectivity index (χ1v) is 9.54. The molecule has 0 aromatic heterocycles. The van der Waals surface area contributed by atoms with Crippen molar-refractivity contribution in [1.82, 2.24) is 15.5 Å². The second-order valence-corrected chi connectivity index (χ2v) is 7.86. The molecule has 0 aliphatic carbocycles. The molecule has 29 heavy (non-hydrogen) atoms. The van der Waals surface area contributed by atoms with E-state index >= 15 is 0 Å². The fourth-order valence-corrected chi connectivity index (χ4v) is 2.91. The van der Waals surface area contributed by atoms with Crippen LogP contribution in [0.1, 0.15) is 34.1 Å². The van der Waals surface area contributed by atoms with Gasteiger partial charge in [0.15, 0.2) is 17.5 Å². The van der Waals surface area contributed by atoms with E-state index in [0.717, 1.165) is 18.9 Å². The molecule has 2 atom stereocenters. The average molecular weight is 522 g/mol. The number of hydrogen-bond donors (Lipinski definition) is 2. The average Bonchev–Trinajstić information content (AvgIpc) is 3.04. The molecule has 1 aromatic rings. The van der Waals surface area contributed by atoms with Crippen molar-refractivity contribution in [2.24, 2.45) is 4.99 Å². The van der Waals surface area contributed by atoms with Gasteiger partial charge in [0.1, 0.15) is 11.7 Å². The zero-order chi connectivity index (χ0) is 20.7. The Balaban J connectivity index is 0.00000420. The molecule has 2 unspecified atom stereocenters. The van der Waals surface area contributed by atoms with Crippen LogP contribution in [0.2, 0.25) is 0 Å². The molecule has 7 nitrogen and oxygen atoms in total. The van der Waals surface area contributed by atoms with Crippen LogP contribution in [-0.2, 0) is 4.74 Å². The first-order valence-electron chi connectivity index (χ1n) is 9.54. The molecule has 2 N–H and O–H groups in total. The van der Waals surface area contributed by atoms with E-state index in [9.17, 15) is 9.18 Å². The summed E-state index contributed by atoms with van der Waals surface area (Å²) in [6, 6.07) is 6.34. The minimum atomic E-state index is -0.520. The van der Waals surface area contributed by atoms with Gasteiger partial charge in [0.25, 0.3) is 0 Å². The summed E-state index contributed by atoms with van der Waals surface area (Å²) in [5.74, 6) is 0.571. The molecular formula is C20H32FIN4O3. The highest BCUT2D eigenvalue weighted by Gasteiger charge is 2.28. The van der Waals surface area contributed by atoms with Gasteiger partial charge in [0.2, 0.25) is 0 Å². The van der Waals surface area contributed by atoms with Crippen LogP contribution in [0, 0.1) is 5.82 Å². The van der Waals surface area contributed by atoms with Gasteiger partial charge < -0.3 is 25.0 Å². The lowest BCUT2D eigenvalue weighted by Crippen LogP contribution is -2.46. The van der Waals surface area contributed by atoms with Crippen molar-refractivity contribution in [2.45, 2.75) is 51.9 Å². The molecule has 0 spiro atoms. The zero-order valence-electron chi connectivity index (χ0n) is 17.7. The highest BCUT2D eigenvalue weighted by Crippen LogP contribution is 2.17. The van der Waals surface area contributed by atoms with Crippen molar-refractivity contribution in [3.63, 3.8) is 0 Å². The fraction of sp³-hybridized carbons (Fsp3) is 0.600. The normalized spacial score (nSPS) is 17.9. The molecule has 0 saturated carbocycles. The monoisotopic (exact) mass is 522 g/mol. The lowest BCUT2D eigenvalue weighted by Gasteiger charge is -2.24. The Hall–Kier alpha value is -1.78. The maximum atomic E-state index is 13.7. The third-order valence-electron chi connectivity index (χ3n) is 4.13. The summed E-state index contributed by atoms with van der Waals surface area (Å²) in [5, 5.41) is 6.14. The Morgan fingerprint density at radius 1 is 1.38 bits per heavy atom. The van der Waals surface area contributed by atoms with E-state index in [4.69, 9.17) is 9.47 Å². The predicted molar refractivity (Wildman–Crippen MR) is 123 cm³/mol. The van der Waals surface area contributed by atoms with Gasteiger partial charge in [0, 0.05) is 20.1 Å². The van der Waals surface area contributed by atoms with E-state index < -0.39 is 11.7 Å². The molecule has 164 valence electrons. The Labute approximate surface area is 189 Å². The van der Waals surface area contributed by atoms with Crippen LogP contribution < -0.4 is 15.4 Å². The number of hydrogen-bond acceptors (Lipinski definition) is 4. The summed E-state index contributed by atoms with van der Waals surface area (Å²) in [7, 11) is 1.71. The number of nitrogens with zero attached hydrogens (tertiary/aromatic N) is 2. The lowest BCUT2D eigenvalue weighted by molar-refractivity contribution is 0.0507. The minimum absolute atomic E-state index is 0. The minimum Gasteiger partial charge on any atom is -0.486 e. The van der Waals surface area contributed by atoms with Gasteiger partial charge in [-0.15, -0.1) is 24.0 Å². The number of aliphatic imine (C=N–C) groups is 1. The highest BCUT2D eigenvalue weighted by molar-refractivity contribution is 14.0. The number of guanidine groups is 1. The molecule has 2 rings (SSSR count). The van der Waals surface area contributed by atoms with E-state index in [2.05, 4.69) is 20.5 Å². The van der Waals surface area contributed by atoms with E-state index in [1.54, 1.807) is 25.2 Å². The number of rotatable bonds is 5. The summed E-state index contributed by atoms with van der Waals surface area (Å²) < 4.78 is 24.6. The lowest BCUT2D eigenvalue weighted by atomic mass is 10.2. The Morgan fingerprint density at radius 3 is 2.69 bits per heavy atom. The zero-order valence-corrected chi connectivity index (χ0v) is 20.0. The summed E-state index contributed by atoms with van der Waals surface area (Å²) >= 11 is 0. The number of ether oxygens (including phenoxy) is 2. The van der Waals surface area contributed by atoms with Crippen LogP contribution in [0.3, 0.4) is 0 Å². The largest absolute Gasteiger partial charge is 0.486 e. The SMILES string of the molecule is CN=C(NCC(C)Oc1ccccc1F)N1CCC(NC(=O)OC(C)(C)C)C1.I. The van der Waals surface area contributed by atoms with Gasteiger partial charge in [-0.2, -0.15) is 0 Å². The van der Waals surface area contributed by atoms with Crippen LogP contribution >= 0.6 is 24.0 Å². The van der Waals surface area contributed by atoms with Crippen LogP contribution in [0.25, 0.3) is 0 Å². The Bertz CT molecular complexity index is 697. The molecule has 1 heterocycles.